The van der Waals surface area contributed by atoms with Crippen molar-refractivity contribution in [2.24, 2.45) is 5.92 Å². The second kappa shape index (κ2) is 4.08. The third-order valence-electron chi connectivity index (χ3n) is 2.66. The fraction of sp³-hybridized carbons (Fsp3) is 0.571. The molecule has 0 atom stereocenters. The van der Waals surface area contributed by atoms with E-state index in [4.69, 9.17) is 7.48 Å². The van der Waals surface area contributed by atoms with Crippen LogP contribution < -0.4 is 4.74 Å². The van der Waals surface area contributed by atoms with Gasteiger partial charge in [-0.25, -0.2) is 4.39 Å². The van der Waals surface area contributed by atoms with Crippen molar-refractivity contribution >= 4 is 0 Å². The van der Waals surface area contributed by atoms with Gasteiger partial charge in [0.2, 0.25) is 0 Å². The second-order valence-electron chi connectivity index (χ2n) is 5.42. The van der Waals surface area contributed by atoms with Crippen LogP contribution in [0.1, 0.15) is 41.9 Å². The molecule has 0 unspecified atom stereocenters. The molecule has 1 aliphatic carbocycles. The van der Waals surface area contributed by atoms with Crippen LogP contribution in [0.5, 0.6) is 5.75 Å². The van der Waals surface area contributed by atoms with Crippen LogP contribution >= 0.6 is 0 Å². The summed E-state index contributed by atoms with van der Waals surface area (Å²) in [6, 6.07) is 4.44. The fourth-order valence-electron chi connectivity index (χ4n) is 1.41. The Labute approximate surface area is 99.4 Å². The number of hydrogen-bond donors (Lipinski definition) is 0. The largest absolute Gasteiger partial charge is 0.493 e. The molecule has 0 amide bonds. The Morgan fingerprint density at radius 2 is 2.06 bits per heavy atom. The highest BCUT2D eigenvalue weighted by molar-refractivity contribution is 5.33. The van der Waals surface area contributed by atoms with Crippen molar-refractivity contribution in [2.75, 3.05) is 6.56 Å². The van der Waals surface area contributed by atoms with Gasteiger partial charge in [0.1, 0.15) is 11.6 Å². The molecule has 0 spiro atoms. The van der Waals surface area contributed by atoms with E-state index in [0.29, 0.717) is 0 Å². The van der Waals surface area contributed by atoms with Crippen LogP contribution in [0.2, 0.25) is 0 Å². The molecule has 0 bridgehead atoms. The highest BCUT2D eigenvalue weighted by atomic mass is 19.1. The summed E-state index contributed by atoms with van der Waals surface area (Å²) >= 11 is 0. The SMILES string of the molecule is [2H]C([2H])(Oc1cc(F)cc(C(C)(C)C)c1)C1CC1. The second-order valence-corrected chi connectivity index (χ2v) is 5.42. The Bertz CT molecular complexity index is 448. The number of rotatable bonds is 3. The fourth-order valence-corrected chi connectivity index (χ4v) is 1.41. The van der Waals surface area contributed by atoms with E-state index in [1.807, 2.05) is 20.8 Å². The summed E-state index contributed by atoms with van der Waals surface area (Å²) in [4.78, 5) is 0. The van der Waals surface area contributed by atoms with Crippen molar-refractivity contribution in [3.63, 3.8) is 0 Å². The van der Waals surface area contributed by atoms with Gasteiger partial charge in [-0.05, 0) is 41.9 Å². The predicted octanol–water partition coefficient (Wildman–Crippen LogP) is 3.91. The maximum Gasteiger partial charge on any atom is 0.127 e. The smallest absolute Gasteiger partial charge is 0.127 e. The van der Waals surface area contributed by atoms with Gasteiger partial charge in [-0.1, -0.05) is 20.8 Å². The maximum atomic E-state index is 13.5. The van der Waals surface area contributed by atoms with E-state index < -0.39 is 6.56 Å². The summed E-state index contributed by atoms with van der Waals surface area (Å²) in [5, 5.41) is 0. The lowest BCUT2D eigenvalue weighted by atomic mass is 9.87. The summed E-state index contributed by atoms with van der Waals surface area (Å²) in [7, 11) is 0. The molecule has 0 N–H and O–H groups in total. The first kappa shape index (κ1) is 9.03. The molecule has 1 saturated carbocycles. The summed E-state index contributed by atoms with van der Waals surface area (Å²) in [6.45, 7) is 4.27. The van der Waals surface area contributed by atoms with Crippen LogP contribution in [0.25, 0.3) is 0 Å². The van der Waals surface area contributed by atoms with Crippen molar-refractivity contribution in [1.82, 2.24) is 0 Å². The van der Waals surface area contributed by atoms with Gasteiger partial charge in [0, 0.05) is 6.07 Å². The van der Waals surface area contributed by atoms with Crippen LogP contribution in [0.15, 0.2) is 18.2 Å². The molecule has 0 saturated heterocycles. The Hall–Kier alpha value is -1.05. The third-order valence-corrected chi connectivity index (χ3v) is 2.66. The maximum absolute atomic E-state index is 13.5. The minimum Gasteiger partial charge on any atom is -0.493 e. The van der Waals surface area contributed by atoms with E-state index in [0.717, 1.165) is 18.4 Å². The Kier molecular flexibility index (Phi) is 2.30. The van der Waals surface area contributed by atoms with Crippen molar-refractivity contribution in [3.05, 3.63) is 29.6 Å². The molecule has 0 radical (unpaired) electrons. The molecule has 1 aromatic carbocycles. The van der Waals surface area contributed by atoms with Gasteiger partial charge < -0.3 is 4.74 Å². The van der Waals surface area contributed by atoms with E-state index in [1.54, 1.807) is 6.07 Å². The molecule has 0 heterocycles. The summed E-state index contributed by atoms with van der Waals surface area (Å²) < 4.78 is 34.5. The monoisotopic (exact) mass is 224 g/mol. The van der Waals surface area contributed by atoms with E-state index in [-0.39, 0.29) is 22.9 Å². The quantitative estimate of drug-likeness (QED) is 0.756. The normalized spacial score (nSPS) is 19.0. The van der Waals surface area contributed by atoms with E-state index in [9.17, 15) is 4.39 Å². The molecule has 16 heavy (non-hydrogen) atoms. The third kappa shape index (κ3) is 2.97. The first-order chi connectivity index (χ1) is 8.18. The molecule has 0 aromatic heterocycles. The van der Waals surface area contributed by atoms with Crippen molar-refractivity contribution < 1.29 is 11.9 Å². The average Bonchev–Trinajstić information content (AvgIpc) is 2.96. The van der Waals surface area contributed by atoms with Crippen molar-refractivity contribution in [1.29, 1.82) is 0 Å². The Balaban J connectivity index is 2.25. The number of ether oxygens (including phenoxy) is 1. The number of hydrogen-bond acceptors (Lipinski definition) is 1. The van der Waals surface area contributed by atoms with Crippen LogP contribution in [-0.4, -0.2) is 6.56 Å². The molecule has 0 aliphatic heterocycles. The zero-order chi connectivity index (χ0) is 13.6. The molecule has 1 aromatic rings. The van der Waals surface area contributed by atoms with Gasteiger partial charge in [-0.3, -0.25) is 0 Å². The molecule has 2 rings (SSSR count). The lowest BCUT2D eigenvalue weighted by Gasteiger charge is -2.20. The van der Waals surface area contributed by atoms with E-state index in [2.05, 4.69) is 0 Å². The minimum absolute atomic E-state index is 0.0566. The topological polar surface area (TPSA) is 9.23 Å². The lowest BCUT2D eigenvalue weighted by Crippen LogP contribution is -2.12. The number of benzene rings is 1. The summed E-state index contributed by atoms with van der Waals surface area (Å²) in [6.07, 6.45) is 1.68. The van der Waals surface area contributed by atoms with Gasteiger partial charge in [-0.15, -0.1) is 0 Å². The van der Waals surface area contributed by atoms with Crippen molar-refractivity contribution in [2.45, 2.75) is 39.0 Å². The van der Waals surface area contributed by atoms with Gasteiger partial charge >= 0.3 is 0 Å². The summed E-state index contributed by atoms with van der Waals surface area (Å²) in [5.41, 5.74) is 0.621. The number of halogens is 1. The Morgan fingerprint density at radius 3 is 2.62 bits per heavy atom. The molecular formula is C14H19FO. The minimum atomic E-state index is -1.69. The highest BCUT2D eigenvalue weighted by Gasteiger charge is 2.22. The standard InChI is InChI=1S/C14H19FO/c1-14(2,3)11-6-12(15)8-13(7-11)16-9-10-4-5-10/h6-8,10H,4-5,9H2,1-3H3/i9D2. The van der Waals surface area contributed by atoms with Crippen LogP contribution in [0.4, 0.5) is 4.39 Å². The molecule has 1 fully saturated rings. The zero-order valence-electron chi connectivity index (χ0n) is 12.0. The first-order valence-corrected chi connectivity index (χ1v) is 5.68. The highest BCUT2D eigenvalue weighted by Crippen LogP contribution is 2.31. The average molecular weight is 224 g/mol. The summed E-state index contributed by atoms with van der Waals surface area (Å²) in [5.74, 6) is -0.167. The van der Waals surface area contributed by atoms with Crippen LogP contribution in [0, 0.1) is 11.7 Å². The lowest BCUT2D eigenvalue weighted by molar-refractivity contribution is 0.297. The molecule has 1 aliphatic rings. The van der Waals surface area contributed by atoms with Crippen molar-refractivity contribution in [3.8, 4) is 5.75 Å². The molecular weight excluding hydrogens is 203 g/mol. The molecule has 1 nitrogen and oxygen atoms in total. The van der Waals surface area contributed by atoms with Crippen LogP contribution in [-0.2, 0) is 5.41 Å². The predicted molar refractivity (Wildman–Crippen MR) is 63.3 cm³/mol. The zero-order valence-corrected chi connectivity index (χ0v) is 10.0. The van der Waals surface area contributed by atoms with E-state index >= 15 is 0 Å². The Morgan fingerprint density at radius 1 is 1.38 bits per heavy atom. The van der Waals surface area contributed by atoms with Gasteiger partial charge in [-0.2, -0.15) is 0 Å². The van der Waals surface area contributed by atoms with E-state index in [1.165, 1.54) is 12.1 Å². The van der Waals surface area contributed by atoms with Crippen LogP contribution in [0.3, 0.4) is 0 Å². The van der Waals surface area contributed by atoms with Gasteiger partial charge in [0.05, 0.1) is 9.30 Å². The molecule has 2 heteroatoms. The first-order valence-electron chi connectivity index (χ1n) is 6.68. The van der Waals surface area contributed by atoms with Gasteiger partial charge in [0.25, 0.3) is 0 Å². The van der Waals surface area contributed by atoms with Gasteiger partial charge in [0.15, 0.2) is 0 Å². The molecule has 88 valence electrons.